The van der Waals surface area contributed by atoms with Gasteiger partial charge >= 0.3 is 0 Å². The van der Waals surface area contributed by atoms with Crippen LogP contribution in [0.4, 0.5) is 11.4 Å². The number of ketones is 1. The average Bonchev–Trinajstić information content (AvgIpc) is 2.42. The fourth-order valence-corrected chi connectivity index (χ4v) is 3.92. The van der Waals surface area contributed by atoms with E-state index >= 15 is 0 Å². The molecule has 0 spiro atoms. The Labute approximate surface area is 129 Å². The van der Waals surface area contributed by atoms with Gasteiger partial charge in [0.25, 0.3) is 0 Å². The second-order valence-corrected chi connectivity index (χ2v) is 7.41. The maximum atomic E-state index is 11.5. The van der Waals surface area contributed by atoms with Crippen LogP contribution in [0, 0.1) is 0 Å². The number of rotatable bonds is 1. The quantitative estimate of drug-likeness (QED) is 0.789. The Morgan fingerprint density at radius 1 is 1.45 bits per heavy atom. The normalized spacial score (nSPS) is 20.1. The predicted molar refractivity (Wildman–Crippen MR) is 92.1 cm³/mol. The summed E-state index contributed by atoms with van der Waals surface area (Å²) in [4.78, 5) is 16.2. The minimum atomic E-state index is 0.0844. The molecule has 1 N–H and O–H groups in total. The van der Waals surface area contributed by atoms with E-state index in [1.54, 1.807) is 6.92 Å². The maximum absolute atomic E-state index is 11.5. The second kappa shape index (κ2) is 7.18. The number of thioether (sulfide) groups is 2. The van der Waals surface area contributed by atoms with Crippen LogP contribution in [0.2, 0.25) is 0 Å². The molecule has 2 rings (SSSR count). The van der Waals surface area contributed by atoms with Crippen molar-refractivity contribution in [2.24, 2.45) is 4.99 Å². The molecule has 0 aliphatic carbocycles. The lowest BCUT2D eigenvalue weighted by atomic mass is 10.1. The van der Waals surface area contributed by atoms with Crippen molar-refractivity contribution in [1.82, 2.24) is 0 Å². The van der Waals surface area contributed by atoms with Crippen molar-refractivity contribution in [3.05, 3.63) is 23.8 Å². The molecule has 1 aliphatic rings. The summed E-state index contributed by atoms with van der Waals surface area (Å²) in [6, 6.07) is 5.69. The van der Waals surface area contributed by atoms with Crippen LogP contribution in [0.1, 0.15) is 31.1 Å². The van der Waals surface area contributed by atoms with Crippen molar-refractivity contribution in [3.8, 4) is 0 Å². The second-order valence-electron chi connectivity index (χ2n) is 4.95. The SMILES string of the molecule is CC(=O)c1ccc2c(c1)NCSC(C)CSCC(C)=N2. The van der Waals surface area contributed by atoms with E-state index in [-0.39, 0.29) is 5.78 Å². The van der Waals surface area contributed by atoms with Gasteiger partial charge in [0.05, 0.1) is 17.3 Å². The molecular weight excluding hydrogens is 288 g/mol. The number of aliphatic imine (C=N–C) groups is 1. The molecule has 3 nitrogen and oxygen atoms in total. The molecule has 0 saturated heterocycles. The van der Waals surface area contributed by atoms with Crippen LogP contribution in [0.3, 0.4) is 0 Å². The first-order chi connectivity index (χ1) is 9.56. The summed E-state index contributed by atoms with van der Waals surface area (Å²) in [6.45, 7) is 5.90. The number of carbonyl (C=O) groups excluding carboxylic acids is 1. The third-order valence-electron chi connectivity index (χ3n) is 3.01. The Bertz CT molecular complexity index is 529. The van der Waals surface area contributed by atoms with Crippen LogP contribution in [0.5, 0.6) is 0 Å². The summed E-state index contributed by atoms with van der Waals surface area (Å²) in [5.74, 6) is 3.01. The van der Waals surface area contributed by atoms with Crippen molar-refractivity contribution in [2.75, 3.05) is 22.7 Å². The molecule has 1 aromatic rings. The van der Waals surface area contributed by atoms with Crippen LogP contribution in [-0.2, 0) is 0 Å². The molecular formula is C15H20N2OS2. The third-order valence-corrected chi connectivity index (χ3v) is 5.62. The molecule has 1 atom stereocenters. The van der Waals surface area contributed by atoms with E-state index in [4.69, 9.17) is 0 Å². The molecule has 1 aromatic carbocycles. The van der Waals surface area contributed by atoms with Crippen molar-refractivity contribution < 1.29 is 4.79 Å². The molecule has 1 aliphatic heterocycles. The topological polar surface area (TPSA) is 41.5 Å². The summed E-state index contributed by atoms with van der Waals surface area (Å²) in [7, 11) is 0. The van der Waals surface area contributed by atoms with Crippen LogP contribution < -0.4 is 5.32 Å². The molecule has 0 aromatic heterocycles. The van der Waals surface area contributed by atoms with Gasteiger partial charge in [-0.15, -0.1) is 11.8 Å². The number of Topliss-reactive ketones (excluding diaryl/α,β-unsaturated/α-hetero) is 1. The van der Waals surface area contributed by atoms with Gasteiger partial charge in [-0.3, -0.25) is 9.79 Å². The van der Waals surface area contributed by atoms with Gasteiger partial charge in [0, 0.05) is 28.0 Å². The van der Waals surface area contributed by atoms with Gasteiger partial charge in [0.1, 0.15) is 0 Å². The number of nitrogens with zero attached hydrogens (tertiary/aromatic N) is 1. The van der Waals surface area contributed by atoms with Crippen LogP contribution in [0.25, 0.3) is 0 Å². The first-order valence-corrected chi connectivity index (χ1v) is 8.89. The first-order valence-electron chi connectivity index (χ1n) is 6.68. The molecule has 1 unspecified atom stereocenters. The fourth-order valence-electron chi connectivity index (χ4n) is 1.91. The summed E-state index contributed by atoms with van der Waals surface area (Å²) >= 11 is 3.82. The van der Waals surface area contributed by atoms with Crippen molar-refractivity contribution >= 4 is 46.4 Å². The van der Waals surface area contributed by atoms with E-state index in [9.17, 15) is 4.79 Å². The van der Waals surface area contributed by atoms with Gasteiger partial charge in [-0.1, -0.05) is 6.92 Å². The minimum absolute atomic E-state index is 0.0844. The highest BCUT2D eigenvalue weighted by Crippen LogP contribution is 2.29. The van der Waals surface area contributed by atoms with E-state index in [2.05, 4.69) is 24.2 Å². The molecule has 0 radical (unpaired) electrons. The summed E-state index contributed by atoms with van der Waals surface area (Å²) in [5, 5.41) is 4.01. The minimum Gasteiger partial charge on any atom is -0.374 e. The number of benzene rings is 1. The van der Waals surface area contributed by atoms with E-state index < -0.39 is 0 Å². The van der Waals surface area contributed by atoms with E-state index in [1.807, 2.05) is 41.7 Å². The zero-order valence-electron chi connectivity index (χ0n) is 12.1. The number of carbonyl (C=O) groups is 1. The van der Waals surface area contributed by atoms with E-state index in [0.717, 1.165) is 40.0 Å². The Morgan fingerprint density at radius 2 is 2.25 bits per heavy atom. The van der Waals surface area contributed by atoms with Crippen LogP contribution in [-0.4, -0.2) is 34.1 Å². The smallest absolute Gasteiger partial charge is 0.159 e. The highest BCUT2D eigenvalue weighted by Gasteiger charge is 2.10. The zero-order valence-corrected chi connectivity index (χ0v) is 13.7. The molecule has 108 valence electrons. The van der Waals surface area contributed by atoms with Gasteiger partial charge in [0.2, 0.25) is 0 Å². The first kappa shape index (κ1) is 15.4. The largest absolute Gasteiger partial charge is 0.374 e. The van der Waals surface area contributed by atoms with Gasteiger partial charge in [-0.25, -0.2) is 0 Å². The Morgan fingerprint density at radius 3 is 3.00 bits per heavy atom. The number of anilines is 1. The number of hydrogen-bond acceptors (Lipinski definition) is 5. The van der Waals surface area contributed by atoms with Gasteiger partial charge in [-0.05, 0) is 32.0 Å². The lowest BCUT2D eigenvalue weighted by Gasteiger charge is -2.12. The summed E-state index contributed by atoms with van der Waals surface area (Å²) < 4.78 is 0. The average molecular weight is 308 g/mol. The summed E-state index contributed by atoms with van der Waals surface area (Å²) in [5.41, 5.74) is 3.71. The highest BCUT2D eigenvalue weighted by molar-refractivity contribution is 8.03. The Hall–Kier alpha value is -0.940. The lowest BCUT2D eigenvalue weighted by molar-refractivity contribution is 0.101. The van der Waals surface area contributed by atoms with Crippen molar-refractivity contribution in [2.45, 2.75) is 26.0 Å². The van der Waals surface area contributed by atoms with Crippen molar-refractivity contribution in [1.29, 1.82) is 0 Å². The molecule has 5 heteroatoms. The van der Waals surface area contributed by atoms with Crippen LogP contribution in [0.15, 0.2) is 23.2 Å². The van der Waals surface area contributed by atoms with E-state index in [1.165, 1.54) is 0 Å². The maximum Gasteiger partial charge on any atom is 0.159 e. The molecule has 20 heavy (non-hydrogen) atoms. The summed E-state index contributed by atoms with van der Waals surface area (Å²) in [6.07, 6.45) is 0. The van der Waals surface area contributed by atoms with Crippen molar-refractivity contribution in [3.63, 3.8) is 0 Å². The number of fused-ring (bicyclic) bond motifs is 1. The molecule has 0 saturated carbocycles. The Kier molecular flexibility index (Phi) is 5.54. The third kappa shape index (κ3) is 4.28. The molecule has 1 heterocycles. The molecule has 0 fully saturated rings. The van der Waals surface area contributed by atoms with Crippen LogP contribution >= 0.6 is 23.5 Å². The number of nitrogens with one attached hydrogen (secondary N) is 1. The van der Waals surface area contributed by atoms with Gasteiger partial charge in [-0.2, -0.15) is 11.8 Å². The Balaban J connectivity index is 2.32. The zero-order chi connectivity index (χ0) is 14.5. The predicted octanol–water partition coefficient (Wildman–Crippen LogP) is 4.22. The lowest BCUT2D eigenvalue weighted by Crippen LogP contribution is -2.07. The van der Waals surface area contributed by atoms with Gasteiger partial charge < -0.3 is 5.32 Å². The standard InChI is InChI=1S/C15H20N2OS2/c1-10-7-19-8-11(2)20-9-16-15-6-13(12(3)18)4-5-14(15)17-10/h4-6,11,16H,7-9H2,1-3H3. The number of hydrogen-bond donors (Lipinski definition) is 1. The highest BCUT2D eigenvalue weighted by atomic mass is 32.2. The molecule has 0 bridgehead atoms. The fraction of sp³-hybridized carbons (Fsp3) is 0.467. The molecule has 0 amide bonds. The van der Waals surface area contributed by atoms with E-state index in [0.29, 0.717) is 5.25 Å². The van der Waals surface area contributed by atoms with Gasteiger partial charge in [0.15, 0.2) is 5.78 Å². The monoisotopic (exact) mass is 308 g/mol.